The number of anilines is 1. The van der Waals surface area contributed by atoms with Crippen LogP contribution in [0.15, 0.2) is 42.5 Å². The Kier molecular flexibility index (Phi) is 4.86. The van der Waals surface area contributed by atoms with Crippen molar-refractivity contribution in [3.63, 3.8) is 0 Å². The van der Waals surface area contributed by atoms with Crippen molar-refractivity contribution in [1.82, 2.24) is 9.97 Å². The molecule has 0 aliphatic carbocycles. The SMILES string of the molecule is CCOc1ccc(CNc2nc(CN)nc3cccc(F)c23)cc1. The van der Waals surface area contributed by atoms with E-state index in [1.807, 2.05) is 31.2 Å². The Morgan fingerprint density at radius 2 is 1.92 bits per heavy atom. The van der Waals surface area contributed by atoms with Crippen molar-refractivity contribution in [2.24, 2.45) is 5.73 Å². The summed E-state index contributed by atoms with van der Waals surface area (Å²) in [5.41, 5.74) is 7.22. The third-order valence-electron chi connectivity index (χ3n) is 3.60. The number of benzene rings is 2. The Morgan fingerprint density at radius 3 is 2.62 bits per heavy atom. The molecule has 6 heteroatoms. The van der Waals surface area contributed by atoms with E-state index in [0.29, 0.717) is 35.7 Å². The summed E-state index contributed by atoms with van der Waals surface area (Å²) in [7, 11) is 0. The molecule has 24 heavy (non-hydrogen) atoms. The van der Waals surface area contributed by atoms with Crippen molar-refractivity contribution in [1.29, 1.82) is 0 Å². The lowest BCUT2D eigenvalue weighted by Gasteiger charge is -2.11. The maximum atomic E-state index is 14.2. The van der Waals surface area contributed by atoms with Gasteiger partial charge in [-0.3, -0.25) is 0 Å². The summed E-state index contributed by atoms with van der Waals surface area (Å²) >= 11 is 0. The van der Waals surface area contributed by atoms with Crippen LogP contribution in [0.4, 0.5) is 10.2 Å². The molecule has 0 saturated heterocycles. The number of hydrogen-bond acceptors (Lipinski definition) is 5. The van der Waals surface area contributed by atoms with Crippen molar-refractivity contribution in [3.8, 4) is 5.75 Å². The zero-order chi connectivity index (χ0) is 16.9. The first kappa shape index (κ1) is 16.1. The van der Waals surface area contributed by atoms with E-state index >= 15 is 0 Å². The van der Waals surface area contributed by atoms with Crippen molar-refractivity contribution < 1.29 is 9.13 Å². The molecule has 0 aliphatic rings. The van der Waals surface area contributed by atoms with Crippen LogP contribution in [0.3, 0.4) is 0 Å². The van der Waals surface area contributed by atoms with E-state index in [1.165, 1.54) is 6.07 Å². The fourth-order valence-corrected chi connectivity index (χ4v) is 2.46. The molecular formula is C18H19FN4O. The fourth-order valence-electron chi connectivity index (χ4n) is 2.46. The average Bonchev–Trinajstić information content (AvgIpc) is 2.61. The van der Waals surface area contributed by atoms with Crippen LogP contribution in [0.1, 0.15) is 18.3 Å². The molecule has 5 nitrogen and oxygen atoms in total. The van der Waals surface area contributed by atoms with Gasteiger partial charge in [-0.1, -0.05) is 18.2 Å². The molecule has 0 amide bonds. The summed E-state index contributed by atoms with van der Waals surface area (Å²) in [5, 5.41) is 3.56. The molecule has 124 valence electrons. The highest BCUT2D eigenvalue weighted by Gasteiger charge is 2.11. The van der Waals surface area contributed by atoms with Gasteiger partial charge in [-0.2, -0.15) is 0 Å². The van der Waals surface area contributed by atoms with Gasteiger partial charge in [-0.25, -0.2) is 14.4 Å². The topological polar surface area (TPSA) is 73.1 Å². The number of rotatable bonds is 6. The predicted octanol–water partition coefficient (Wildman–Crippen LogP) is 3.24. The average molecular weight is 326 g/mol. The predicted molar refractivity (Wildman–Crippen MR) is 92.3 cm³/mol. The minimum absolute atomic E-state index is 0.199. The molecule has 0 radical (unpaired) electrons. The number of nitrogens with zero attached hydrogens (tertiary/aromatic N) is 2. The van der Waals surface area contributed by atoms with E-state index < -0.39 is 0 Å². The van der Waals surface area contributed by atoms with Crippen molar-refractivity contribution >= 4 is 16.7 Å². The smallest absolute Gasteiger partial charge is 0.144 e. The fraction of sp³-hybridized carbons (Fsp3) is 0.222. The standard InChI is InChI=1S/C18H19FN4O/c1-2-24-13-8-6-12(7-9-13)11-21-18-17-14(19)4-3-5-15(17)22-16(10-20)23-18/h3-9H,2,10-11,20H2,1H3,(H,21,22,23). The largest absolute Gasteiger partial charge is 0.494 e. The Bertz CT molecular complexity index is 836. The molecule has 1 aromatic heterocycles. The molecule has 1 heterocycles. The van der Waals surface area contributed by atoms with Gasteiger partial charge in [0.05, 0.1) is 24.1 Å². The molecule has 0 bridgehead atoms. The summed E-state index contributed by atoms with van der Waals surface area (Å²) in [4.78, 5) is 8.60. The van der Waals surface area contributed by atoms with E-state index in [0.717, 1.165) is 11.3 Å². The zero-order valence-corrected chi connectivity index (χ0v) is 13.4. The van der Waals surface area contributed by atoms with Crippen molar-refractivity contribution in [2.45, 2.75) is 20.0 Å². The van der Waals surface area contributed by atoms with Gasteiger partial charge < -0.3 is 15.8 Å². The number of aromatic nitrogens is 2. The van der Waals surface area contributed by atoms with Crippen LogP contribution in [-0.2, 0) is 13.1 Å². The van der Waals surface area contributed by atoms with E-state index in [1.54, 1.807) is 12.1 Å². The van der Waals surface area contributed by atoms with Crippen LogP contribution in [0, 0.1) is 5.82 Å². The van der Waals surface area contributed by atoms with Gasteiger partial charge in [0, 0.05) is 6.54 Å². The van der Waals surface area contributed by atoms with Gasteiger partial charge in [0.2, 0.25) is 0 Å². The van der Waals surface area contributed by atoms with Gasteiger partial charge in [0.25, 0.3) is 0 Å². The molecule has 3 aromatic rings. The first-order valence-electron chi connectivity index (χ1n) is 7.82. The third kappa shape index (κ3) is 3.44. The Morgan fingerprint density at radius 1 is 1.12 bits per heavy atom. The van der Waals surface area contributed by atoms with Gasteiger partial charge in [-0.05, 0) is 36.8 Å². The minimum atomic E-state index is -0.356. The second-order valence-corrected chi connectivity index (χ2v) is 5.26. The van der Waals surface area contributed by atoms with E-state index in [4.69, 9.17) is 10.5 Å². The second kappa shape index (κ2) is 7.23. The molecule has 0 saturated carbocycles. The summed E-state index contributed by atoms with van der Waals surface area (Å²) in [6.45, 7) is 3.28. The van der Waals surface area contributed by atoms with Gasteiger partial charge in [-0.15, -0.1) is 0 Å². The van der Waals surface area contributed by atoms with E-state index in [9.17, 15) is 4.39 Å². The van der Waals surface area contributed by atoms with Gasteiger partial charge in [0.15, 0.2) is 0 Å². The Hall–Kier alpha value is -2.73. The maximum Gasteiger partial charge on any atom is 0.144 e. The minimum Gasteiger partial charge on any atom is -0.494 e. The number of nitrogens with one attached hydrogen (secondary N) is 1. The highest BCUT2D eigenvalue weighted by molar-refractivity contribution is 5.89. The Balaban J connectivity index is 1.86. The first-order chi connectivity index (χ1) is 11.7. The summed E-state index contributed by atoms with van der Waals surface area (Å²) in [6, 6.07) is 12.5. The molecule has 3 N–H and O–H groups in total. The second-order valence-electron chi connectivity index (χ2n) is 5.26. The van der Waals surface area contributed by atoms with Gasteiger partial charge >= 0.3 is 0 Å². The van der Waals surface area contributed by atoms with Crippen LogP contribution < -0.4 is 15.8 Å². The molecule has 0 spiro atoms. The number of ether oxygens (including phenoxy) is 1. The number of nitrogens with two attached hydrogens (primary N) is 1. The maximum absolute atomic E-state index is 14.2. The molecule has 0 atom stereocenters. The van der Waals surface area contributed by atoms with E-state index in [-0.39, 0.29) is 12.4 Å². The highest BCUT2D eigenvalue weighted by Crippen LogP contribution is 2.24. The first-order valence-corrected chi connectivity index (χ1v) is 7.82. The molecule has 2 aromatic carbocycles. The van der Waals surface area contributed by atoms with Crippen LogP contribution >= 0.6 is 0 Å². The highest BCUT2D eigenvalue weighted by atomic mass is 19.1. The van der Waals surface area contributed by atoms with Crippen molar-refractivity contribution in [3.05, 3.63) is 59.7 Å². The number of halogens is 1. The van der Waals surface area contributed by atoms with E-state index in [2.05, 4.69) is 15.3 Å². The normalized spacial score (nSPS) is 10.8. The summed E-state index contributed by atoms with van der Waals surface area (Å²) in [5.74, 6) is 1.39. The molecule has 0 unspecified atom stereocenters. The van der Waals surface area contributed by atoms with Crippen molar-refractivity contribution in [2.75, 3.05) is 11.9 Å². The number of hydrogen-bond donors (Lipinski definition) is 2. The summed E-state index contributed by atoms with van der Waals surface area (Å²) in [6.07, 6.45) is 0. The molecule has 0 aliphatic heterocycles. The third-order valence-corrected chi connectivity index (χ3v) is 3.60. The lowest BCUT2D eigenvalue weighted by Crippen LogP contribution is -2.09. The zero-order valence-electron chi connectivity index (χ0n) is 13.4. The molecule has 3 rings (SSSR count). The quantitative estimate of drug-likeness (QED) is 0.727. The van der Waals surface area contributed by atoms with Crippen LogP contribution in [0.25, 0.3) is 10.9 Å². The monoisotopic (exact) mass is 326 g/mol. The van der Waals surface area contributed by atoms with Crippen LogP contribution in [-0.4, -0.2) is 16.6 Å². The molecule has 0 fully saturated rings. The van der Waals surface area contributed by atoms with Crippen LogP contribution in [0.2, 0.25) is 0 Å². The molecular weight excluding hydrogens is 307 g/mol. The van der Waals surface area contributed by atoms with Gasteiger partial charge in [0.1, 0.15) is 23.2 Å². The lowest BCUT2D eigenvalue weighted by atomic mass is 10.2. The summed E-state index contributed by atoms with van der Waals surface area (Å²) < 4.78 is 19.6. The lowest BCUT2D eigenvalue weighted by molar-refractivity contribution is 0.340. The van der Waals surface area contributed by atoms with Crippen LogP contribution in [0.5, 0.6) is 5.75 Å². The number of fused-ring (bicyclic) bond motifs is 1. The Labute approximate surface area is 139 Å².